The van der Waals surface area contributed by atoms with Crippen molar-refractivity contribution in [1.82, 2.24) is 9.47 Å². The fourth-order valence-electron chi connectivity index (χ4n) is 3.72. The highest BCUT2D eigenvalue weighted by Gasteiger charge is 2.24. The number of nitrogens with zero attached hydrogens (tertiary/aromatic N) is 2. The Morgan fingerprint density at radius 3 is 2.63 bits per heavy atom. The van der Waals surface area contributed by atoms with Crippen molar-refractivity contribution in [2.24, 2.45) is 0 Å². The van der Waals surface area contributed by atoms with Gasteiger partial charge in [0.05, 0.1) is 0 Å². The number of anilines is 1. The Morgan fingerprint density at radius 1 is 1.22 bits per heavy atom. The van der Waals surface area contributed by atoms with Crippen LogP contribution in [0.2, 0.25) is 0 Å². The normalized spacial score (nSPS) is 18.2. The largest absolute Gasteiger partial charge is 0.351 e. The smallest absolute Gasteiger partial charge is 0.254 e. The number of likely N-dealkylation sites (tertiary alicyclic amines) is 1. The number of rotatable bonds is 5. The summed E-state index contributed by atoms with van der Waals surface area (Å²) in [5.74, 6) is 0.0624. The molecule has 0 saturated carbocycles. The highest BCUT2D eigenvalue weighted by Crippen LogP contribution is 2.23. The molecule has 2 aromatic rings. The second kappa shape index (κ2) is 8.42. The second-order valence-electron chi connectivity index (χ2n) is 7.60. The van der Waals surface area contributed by atoms with Gasteiger partial charge in [-0.05, 0) is 75.9 Å². The number of hydrogen-bond donors (Lipinski definition) is 1. The molecule has 1 aliphatic heterocycles. The summed E-state index contributed by atoms with van der Waals surface area (Å²) in [4.78, 5) is 27.2. The first-order valence-electron chi connectivity index (χ1n) is 9.79. The summed E-state index contributed by atoms with van der Waals surface area (Å²) in [6.07, 6.45) is 7.66. The van der Waals surface area contributed by atoms with Gasteiger partial charge in [-0.3, -0.25) is 9.59 Å². The molecule has 1 N–H and O–H groups in total. The summed E-state index contributed by atoms with van der Waals surface area (Å²) < 4.78 is 2.02. The van der Waals surface area contributed by atoms with Crippen molar-refractivity contribution in [3.8, 4) is 0 Å². The molecule has 0 radical (unpaired) electrons. The van der Waals surface area contributed by atoms with Gasteiger partial charge < -0.3 is 14.8 Å². The molecule has 2 amide bonds. The van der Waals surface area contributed by atoms with E-state index in [1.807, 2.05) is 66.0 Å². The van der Waals surface area contributed by atoms with E-state index in [0.29, 0.717) is 18.0 Å². The third kappa shape index (κ3) is 4.59. The maximum Gasteiger partial charge on any atom is 0.254 e. The minimum absolute atomic E-state index is 0.0250. The fraction of sp³-hybridized carbons (Fsp3) is 0.455. The van der Waals surface area contributed by atoms with E-state index in [1.54, 1.807) is 0 Å². The molecule has 3 rings (SSSR count). The third-order valence-electron chi connectivity index (χ3n) is 5.43. The molecule has 2 heterocycles. The maximum absolute atomic E-state index is 12.8. The lowest BCUT2D eigenvalue weighted by Gasteiger charge is -2.33. The van der Waals surface area contributed by atoms with Gasteiger partial charge >= 0.3 is 0 Å². The highest BCUT2D eigenvalue weighted by atomic mass is 16.2. The summed E-state index contributed by atoms with van der Waals surface area (Å²) in [7, 11) is 0. The molecule has 0 bridgehead atoms. The van der Waals surface area contributed by atoms with Crippen LogP contribution in [0.15, 0.2) is 42.7 Å². The zero-order valence-corrected chi connectivity index (χ0v) is 16.4. The second-order valence-corrected chi connectivity index (χ2v) is 7.60. The van der Waals surface area contributed by atoms with Gasteiger partial charge in [-0.1, -0.05) is 0 Å². The minimum atomic E-state index is -0.0250. The van der Waals surface area contributed by atoms with Crippen LogP contribution in [0.5, 0.6) is 0 Å². The summed E-state index contributed by atoms with van der Waals surface area (Å²) >= 11 is 0. The van der Waals surface area contributed by atoms with Gasteiger partial charge in [0.15, 0.2) is 0 Å². The topological polar surface area (TPSA) is 54.3 Å². The average molecular weight is 367 g/mol. The predicted molar refractivity (Wildman–Crippen MR) is 108 cm³/mol. The number of benzene rings is 1. The first kappa shape index (κ1) is 19.2. The van der Waals surface area contributed by atoms with Crippen LogP contribution in [0.25, 0.3) is 0 Å². The van der Waals surface area contributed by atoms with Crippen molar-refractivity contribution in [1.29, 1.82) is 0 Å². The SMILES string of the molecule is Cc1cc(C(=O)N2CCCCC2C)ccc1NC(=O)CC(C)n1cccc1. The van der Waals surface area contributed by atoms with Crippen LogP contribution in [0, 0.1) is 6.92 Å². The number of piperidine rings is 1. The molecule has 1 aliphatic rings. The summed E-state index contributed by atoms with van der Waals surface area (Å²) in [5, 5.41) is 2.98. The van der Waals surface area contributed by atoms with Crippen LogP contribution in [0.4, 0.5) is 5.69 Å². The Morgan fingerprint density at radius 2 is 1.96 bits per heavy atom. The molecular weight excluding hydrogens is 338 g/mol. The summed E-state index contributed by atoms with van der Waals surface area (Å²) in [6, 6.07) is 9.85. The van der Waals surface area contributed by atoms with Gasteiger partial charge in [-0.15, -0.1) is 0 Å². The van der Waals surface area contributed by atoms with Crippen molar-refractivity contribution in [2.75, 3.05) is 11.9 Å². The van der Waals surface area contributed by atoms with Gasteiger partial charge in [0, 0.05) is 48.7 Å². The predicted octanol–water partition coefficient (Wildman–Crippen LogP) is 4.40. The molecule has 1 aromatic heterocycles. The van der Waals surface area contributed by atoms with Gasteiger partial charge in [0.2, 0.25) is 5.91 Å². The van der Waals surface area contributed by atoms with E-state index in [4.69, 9.17) is 0 Å². The summed E-state index contributed by atoms with van der Waals surface area (Å²) in [5.41, 5.74) is 2.37. The average Bonchev–Trinajstić information content (AvgIpc) is 3.18. The van der Waals surface area contributed by atoms with Crippen molar-refractivity contribution < 1.29 is 9.59 Å². The van der Waals surface area contributed by atoms with Crippen LogP contribution >= 0.6 is 0 Å². The Bertz CT molecular complexity index is 798. The molecule has 1 saturated heterocycles. The third-order valence-corrected chi connectivity index (χ3v) is 5.43. The Balaban J connectivity index is 1.64. The Hall–Kier alpha value is -2.56. The quantitative estimate of drug-likeness (QED) is 0.851. The number of nitrogens with one attached hydrogen (secondary N) is 1. The molecule has 27 heavy (non-hydrogen) atoms. The number of aromatic nitrogens is 1. The molecule has 5 nitrogen and oxygen atoms in total. The van der Waals surface area contributed by atoms with E-state index >= 15 is 0 Å². The number of carbonyl (C=O) groups is 2. The van der Waals surface area contributed by atoms with E-state index in [1.165, 1.54) is 6.42 Å². The lowest BCUT2D eigenvalue weighted by Crippen LogP contribution is -2.42. The molecule has 144 valence electrons. The number of carbonyl (C=O) groups excluding carboxylic acids is 2. The molecule has 2 unspecified atom stereocenters. The zero-order chi connectivity index (χ0) is 19.4. The van der Waals surface area contributed by atoms with Crippen LogP contribution in [-0.2, 0) is 4.79 Å². The van der Waals surface area contributed by atoms with Gasteiger partial charge in [0.1, 0.15) is 0 Å². The lowest BCUT2D eigenvalue weighted by molar-refractivity contribution is -0.116. The van der Waals surface area contributed by atoms with Crippen molar-refractivity contribution in [3.63, 3.8) is 0 Å². The van der Waals surface area contributed by atoms with Gasteiger partial charge in [-0.2, -0.15) is 0 Å². The molecule has 2 atom stereocenters. The van der Waals surface area contributed by atoms with Crippen molar-refractivity contribution in [3.05, 3.63) is 53.9 Å². The van der Waals surface area contributed by atoms with E-state index in [2.05, 4.69) is 12.2 Å². The van der Waals surface area contributed by atoms with Crippen LogP contribution < -0.4 is 5.32 Å². The van der Waals surface area contributed by atoms with Crippen LogP contribution in [-0.4, -0.2) is 33.9 Å². The monoisotopic (exact) mass is 367 g/mol. The number of amides is 2. The van der Waals surface area contributed by atoms with E-state index in [9.17, 15) is 9.59 Å². The molecule has 1 aromatic carbocycles. The lowest BCUT2D eigenvalue weighted by atomic mass is 10.0. The molecular formula is C22H29N3O2. The Kier molecular flexibility index (Phi) is 5.99. The van der Waals surface area contributed by atoms with Crippen LogP contribution in [0.3, 0.4) is 0 Å². The van der Waals surface area contributed by atoms with Gasteiger partial charge in [-0.25, -0.2) is 0 Å². The minimum Gasteiger partial charge on any atom is -0.351 e. The zero-order valence-electron chi connectivity index (χ0n) is 16.4. The first-order valence-corrected chi connectivity index (χ1v) is 9.79. The molecule has 1 fully saturated rings. The van der Waals surface area contributed by atoms with E-state index in [-0.39, 0.29) is 17.9 Å². The molecule has 0 spiro atoms. The standard InChI is InChI=1S/C22H29N3O2/c1-16-14-19(22(27)25-13-5-4-8-17(25)2)9-10-20(16)23-21(26)15-18(3)24-11-6-7-12-24/h6-7,9-12,14,17-18H,4-5,8,13,15H2,1-3H3,(H,23,26). The van der Waals surface area contributed by atoms with E-state index in [0.717, 1.165) is 30.6 Å². The molecule has 0 aliphatic carbocycles. The van der Waals surface area contributed by atoms with Crippen LogP contribution in [0.1, 0.15) is 61.5 Å². The van der Waals surface area contributed by atoms with Crippen molar-refractivity contribution in [2.45, 2.75) is 58.5 Å². The number of aryl methyl sites for hydroxylation is 1. The summed E-state index contributed by atoms with van der Waals surface area (Å²) in [6.45, 7) is 6.90. The number of hydrogen-bond acceptors (Lipinski definition) is 2. The molecule has 5 heteroatoms. The highest BCUT2D eigenvalue weighted by molar-refractivity contribution is 5.96. The van der Waals surface area contributed by atoms with Crippen molar-refractivity contribution >= 4 is 17.5 Å². The first-order chi connectivity index (χ1) is 13.0. The Labute approximate surface area is 161 Å². The van der Waals surface area contributed by atoms with E-state index < -0.39 is 0 Å². The van der Waals surface area contributed by atoms with Gasteiger partial charge in [0.25, 0.3) is 5.91 Å². The maximum atomic E-state index is 12.8. The fourth-order valence-corrected chi connectivity index (χ4v) is 3.72.